The predicted molar refractivity (Wildman–Crippen MR) is 115 cm³/mol. The zero-order valence-electron chi connectivity index (χ0n) is 16.8. The molecule has 1 aromatic heterocycles. The van der Waals surface area contributed by atoms with Gasteiger partial charge in [0.1, 0.15) is 17.5 Å². The number of dihydropyridines is 1. The number of nitrogens with zero attached hydrogens (tertiary/aromatic N) is 3. The van der Waals surface area contributed by atoms with Crippen molar-refractivity contribution in [2.75, 3.05) is 11.9 Å². The summed E-state index contributed by atoms with van der Waals surface area (Å²) in [5.74, 6) is 1.41. The Labute approximate surface area is 167 Å². The van der Waals surface area contributed by atoms with Crippen LogP contribution in [0.4, 0.5) is 5.82 Å². The fraction of sp³-hybridized carbons (Fsp3) is 0.682. The van der Waals surface area contributed by atoms with Crippen LogP contribution >= 0.6 is 11.8 Å². The molecule has 0 saturated heterocycles. The third kappa shape index (κ3) is 3.80. The smallest absolute Gasteiger partial charge is 0.143 e. The summed E-state index contributed by atoms with van der Waals surface area (Å²) in [6.45, 7) is 5.52. The highest BCUT2D eigenvalue weighted by Gasteiger charge is 2.43. The molecule has 2 atom stereocenters. The number of aliphatic imine (C=N–C) groups is 1. The molecule has 0 amide bonds. The topological polar surface area (TPSA) is 50.2 Å². The summed E-state index contributed by atoms with van der Waals surface area (Å²) >= 11 is 1.89. The number of hydrogen-bond acceptors (Lipinski definition) is 5. The van der Waals surface area contributed by atoms with Crippen LogP contribution in [-0.2, 0) is 0 Å². The van der Waals surface area contributed by atoms with Crippen molar-refractivity contribution in [1.82, 2.24) is 9.97 Å². The number of anilines is 1. The van der Waals surface area contributed by atoms with Crippen LogP contribution in [0.15, 0.2) is 27.4 Å². The first-order valence-corrected chi connectivity index (χ1v) is 11.8. The molecule has 5 heteroatoms. The zero-order valence-corrected chi connectivity index (χ0v) is 17.6. The van der Waals surface area contributed by atoms with Crippen LogP contribution < -0.4 is 5.32 Å². The van der Waals surface area contributed by atoms with Crippen molar-refractivity contribution in [3.63, 3.8) is 0 Å². The van der Waals surface area contributed by atoms with Gasteiger partial charge in [-0.2, -0.15) is 0 Å². The van der Waals surface area contributed by atoms with Gasteiger partial charge in [-0.25, -0.2) is 9.97 Å². The first-order valence-electron chi connectivity index (χ1n) is 10.9. The first-order chi connectivity index (χ1) is 13.3. The van der Waals surface area contributed by atoms with Gasteiger partial charge in [0.2, 0.25) is 0 Å². The fourth-order valence-corrected chi connectivity index (χ4v) is 5.99. The molecule has 0 spiro atoms. The van der Waals surface area contributed by atoms with Crippen molar-refractivity contribution >= 4 is 23.3 Å². The van der Waals surface area contributed by atoms with Crippen LogP contribution in [0.25, 0.3) is 0 Å². The molecule has 27 heavy (non-hydrogen) atoms. The number of nitrogens with one attached hydrogen (secondary N) is 1. The lowest BCUT2D eigenvalue weighted by Gasteiger charge is -2.26. The molecule has 0 unspecified atom stereocenters. The van der Waals surface area contributed by atoms with Gasteiger partial charge in [-0.15, -0.1) is 0 Å². The second-order valence-corrected chi connectivity index (χ2v) is 9.07. The number of thioether (sulfide) groups is 1. The average molecular weight is 385 g/mol. The van der Waals surface area contributed by atoms with Gasteiger partial charge in [-0.05, 0) is 44.1 Å². The van der Waals surface area contributed by atoms with Crippen molar-refractivity contribution < 1.29 is 0 Å². The average Bonchev–Trinajstić information content (AvgIpc) is 3.30. The standard InChI is InChI=1S/C22H32N4S/c1-3-5-7-8-13-23-21-20-19(24-14-25-21)18-16-11-9-10-15(16)17(12-6-4-2)26-22(18)27-20/h14,18,22H,3-13H2,1-2H3,(H,23,24,25)/t18-,22+/m0/s1. The first kappa shape index (κ1) is 19.0. The van der Waals surface area contributed by atoms with Gasteiger partial charge in [-0.1, -0.05) is 56.9 Å². The van der Waals surface area contributed by atoms with Crippen LogP contribution in [0.1, 0.15) is 89.7 Å². The molecule has 0 saturated carbocycles. The van der Waals surface area contributed by atoms with Gasteiger partial charge in [0.15, 0.2) is 0 Å². The van der Waals surface area contributed by atoms with Crippen LogP contribution in [-0.4, -0.2) is 27.6 Å². The SMILES string of the molecule is CCCCCCNc1ncnc2c1S[C@H]1N=C(CCCC)C3=C(CCC3)[C@@H]21. The van der Waals surface area contributed by atoms with Crippen molar-refractivity contribution in [2.45, 2.75) is 94.2 Å². The summed E-state index contributed by atoms with van der Waals surface area (Å²) in [4.78, 5) is 15.8. The highest BCUT2D eigenvalue weighted by molar-refractivity contribution is 8.00. The Morgan fingerprint density at radius 3 is 2.81 bits per heavy atom. The van der Waals surface area contributed by atoms with E-state index < -0.39 is 0 Å². The number of hydrogen-bond donors (Lipinski definition) is 1. The minimum absolute atomic E-state index is 0.279. The van der Waals surface area contributed by atoms with Crippen molar-refractivity contribution in [2.24, 2.45) is 4.99 Å². The maximum atomic E-state index is 5.23. The third-order valence-corrected chi connectivity index (χ3v) is 7.26. The third-order valence-electron chi connectivity index (χ3n) is 6.01. The minimum atomic E-state index is 0.279. The largest absolute Gasteiger partial charge is 0.369 e. The van der Waals surface area contributed by atoms with Gasteiger partial charge in [0, 0.05) is 12.3 Å². The van der Waals surface area contributed by atoms with Gasteiger partial charge in [0.25, 0.3) is 0 Å². The molecular formula is C22H32N4S. The second kappa shape index (κ2) is 8.76. The molecular weight excluding hydrogens is 352 g/mol. The summed E-state index contributed by atoms with van der Waals surface area (Å²) < 4.78 is 0. The lowest BCUT2D eigenvalue weighted by atomic mass is 9.87. The van der Waals surface area contributed by atoms with E-state index in [0.29, 0.717) is 5.92 Å². The summed E-state index contributed by atoms with van der Waals surface area (Å²) in [5.41, 5.74) is 5.84. The van der Waals surface area contributed by atoms with Crippen molar-refractivity contribution in [3.8, 4) is 0 Å². The van der Waals surface area contributed by atoms with Gasteiger partial charge >= 0.3 is 0 Å². The fourth-order valence-electron chi connectivity index (χ4n) is 4.60. The molecule has 2 aliphatic heterocycles. The maximum Gasteiger partial charge on any atom is 0.143 e. The summed E-state index contributed by atoms with van der Waals surface area (Å²) in [5, 5.41) is 3.86. The lowest BCUT2D eigenvalue weighted by molar-refractivity contribution is 0.681. The van der Waals surface area contributed by atoms with Crippen LogP contribution in [0.2, 0.25) is 0 Å². The van der Waals surface area contributed by atoms with E-state index in [4.69, 9.17) is 9.98 Å². The number of unbranched alkanes of at least 4 members (excludes halogenated alkanes) is 4. The number of aromatic nitrogens is 2. The molecule has 0 fully saturated rings. The number of rotatable bonds is 9. The van der Waals surface area contributed by atoms with Crippen LogP contribution in [0.5, 0.6) is 0 Å². The van der Waals surface area contributed by atoms with E-state index in [-0.39, 0.29) is 5.37 Å². The van der Waals surface area contributed by atoms with Crippen molar-refractivity contribution in [1.29, 1.82) is 0 Å². The Kier molecular flexibility index (Phi) is 6.16. The van der Waals surface area contributed by atoms with Gasteiger partial charge in [0.05, 0.1) is 16.5 Å². The number of fused-ring (bicyclic) bond motifs is 4. The van der Waals surface area contributed by atoms with Gasteiger partial charge < -0.3 is 5.32 Å². The molecule has 3 heterocycles. The summed E-state index contributed by atoms with van der Waals surface area (Å²) in [6, 6.07) is 0. The van der Waals surface area contributed by atoms with E-state index >= 15 is 0 Å². The summed E-state index contributed by atoms with van der Waals surface area (Å²) in [6.07, 6.45) is 14.2. The van der Waals surface area contributed by atoms with Crippen molar-refractivity contribution in [3.05, 3.63) is 23.2 Å². The maximum absolute atomic E-state index is 5.23. The Morgan fingerprint density at radius 1 is 1.07 bits per heavy atom. The monoisotopic (exact) mass is 384 g/mol. The molecule has 0 radical (unpaired) electrons. The molecule has 0 aromatic carbocycles. The van der Waals surface area contributed by atoms with Crippen LogP contribution in [0, 0.1) is 0 Å². The Hall–Kier alpha value is -1.36. The van der Waals surface area contributed by atoms with E-state index in [2.05, 4.69) is 24.1 Å². The Morgan fingerprint density at radius 2 is 1.96 bits per heavy atom. The molecule has 1 N–H and O–H groups in total. The molecule has 4 nitrogen and oxygen atoms in total. The summed E-state index contributed by atoms with van der Waals surface area (Å²) in [7, 11) is 0. The van der Waals surface area contributed by atoms with Gasteiger partial charge in [-0.3, -0.25) is 4.99 Å². The van der Waals surface area contributed by atoms with Crippen LogP contribution in [0.3, 0.4) is 0 Å². The molecule has 4 rings (SSSR count). The highest BCUT2D eigenvalue weighted by Crippen LogP contribution is 2.55. The predicted octanol–water partition coefficient (Wildman–Crippen LogP) is 6.11. The quantitative estimate of drug-likeness (QED) is 0.522. The molecule has 146 valence electrons. The molecule has 3 aliphatic rings. The zero-order chi connectivity index (χ0) is 18.6. The Balaban J connectivity index is 1.54. The minimum Gasteiger partial charge on any atom is -0.369 e. The highest BCUT2D eigenvalue weighted by atomic mass is 32.2. The van der Waals surface area contributed by atoms with E-state index in [9.17, 15) is 0 Å². The molecule has 1 aliphatic carbocycles. The van der Waals surface area contributed by atoms with E-state index in [1.54, 1.807) is 17.5 Å². The second-order valence-electron chi connectivity index (χ2n) is 7.95. The Bertz CT molecular complexity index is 740. The van der Waals surface area contributed by atoms with E-state index in [1.165, 1.54) is 74.1 Å². The normalized spacial score (nSPS) is 23.1. The lowest BCUT2D eigenvalue weighted by Crippen LogP contribution is -2.21. The molecule has 1 aromatic rings. The molecule has 0 bridgehead atoms. The number of allylic oxidation sites excluding steroid dienone is 1. The van der Waals surface area contributed by atoms with E-state index in [0.717, 1.165) is 18.8 Å². The van der Waals surface area contributed by atoms with E-state index in [1.807, 2.05) is 11.8 Å².